The molecule has 29 heavy (non-hydrogen) atoms. The standard InChI is InChI=1S/C23H29N3O3/c1-14-5-8-21(15(2)24-14)29-22-11-17-13-25(12-16(17)10-20(22)27)23(28)19-4-3-9-26(19)18-6-7-18/h3-5,8-9,16-18,20,22,27H,6-7,10-13H2,1-2H3/t16-,17+,20+,22+/m0/s1. The minimum atomic E-state index is -0.512. The van der Waals surface area contributed by atoms with Gasteiger partial charge >= 0.3 is 0 Å². The Labute approximate surface area is 171 Å². The number of likely N-dealkylation sites (tertiary alicyclic amines) is 1. The number of nitrogens with zero attached hydrogens (tertiary/aromatic N) is 3. The van der Waals surface area contributed by atoms with Gasteiger partial charge in [0.2, 0.25) is 0 Å². The largest absolute Gasteiger partial charge is 0.486 e. The van der Waals surface area contributed by atoms with Gasteiger partial charge in [-0.05, 0) is 75.6 Å². The number of amides is 1. The number of aliphatic hydroxyl groups is 1. The van der Waals surface area contributed by atoms with Gasteiger partial charge in [0.15, 0.2) is 0 Å². The van der Waals surface area contributed by atoms with E-state index in [-0.39, 0.29) is 12.0 Å². The molecular formula is C23H29N3O3. The molecule has 1 saturated heterocycles. The van der Waals surface area contributed by atoms with Gasteiger partial charge in [-0.1, -0.05) is 0 Å². The molecule has 2 aromatic heterocycles. The van der Waals surface area contributed by atoms with Gasteiger partial charge in [-0.25, -0.2) is 0 Å². The van der Waals surface area contributed by atoms with E-state index < -0.39 is 6.10 Å². The van der Waals surface area contributed by atoms with Gasteiger partial charge in [-0.3, -0.25) is 9.78 Å². The van der Waals surface area contributed by atoms with Crippen molar-refractivity contribution in [1.29, 1.82) is 0 Å². The lowest BCUT2D eigenvalue weighted by Gasteiger charge is -2.35. The van der Waals surface area contributed by atoms with Crippen LogP contribution in [0.25, 0.3) is 0 Å². The lowest BCUT2D eigenvalue weighted by molar-refractivity contribution is -0.0236. The Morgan fingerprint density at radius 1 is 1.14 bits per heavy atom. The Balaban J connectivity index is 1.27. The first kappa shape index (κ1) is 18.7. The molecule has 2 aliphatic carbocycles. The second kappa shape index (κ2) is 7.17. The summed E-state index contributed by atoms with van der Waals surface area (Å²) < 4.78 is 8.31. The minimum absolute atomic E-state index is 0.127. The number of fused-ring (bicyclic) bond motifs is 1. The van der Waals surface area contributed by atoms with Crippen LogP contribution in [-0.2, 0) is 0 Å². The maximum absolute atomic E-state index is 13.1. The molecule has 3 heterocycles. The Hall–Kier alpha value is -2.34. The smallest absolute Gasteiger partial charge is 0.270 e. The first-order valence-electron chi connectivity index (χ1n) is 10.7. The average molecular weight is 396 g/mol. The van der Waals surface area contributed by atoms with Gasteiger partial charge in [0.1, 0.15) is 17.5 Å². The highest BCUT2D eigenvalue weighted by Gasteiger charge is 2.44. The van der Waals surface area contributed by atoms with Gasteiger partial charge in [0, 0.05) is 31.0 Å². The predicted octanol–water partition coefficient (Wildman–Crippen LogP) is 3.13. The van der Waals surface area contributed by atoms with E-state index in [0.29, 0.717) is 24.3 Å². The van der Waals surface area contributed by atoms with Gasteiger partial charge < -0.3 is 19.3 Å². The molecule has 1 amide bonds. The number of aliphatic hydroxyl groups excluding tert-OH is 1. The minimum Gasteiger partial charge on any atom is -0.486 e. The number of carbonyl (C=O) groups excluding carboxylic acids is 1. The summed E-state index contributed by atoms with van der Waals surface area (Å²) in [5.41, 5.74) is 2.62. The van der Waals surface area contributed by atoms with Crippen molar-refractivity contribution in [3.8, 4) is 5.75 Å². The second-order valence-corrected chi connectivity index (χ2v) is 8.99. The second-order valence-electron chi connectivity index (χ2n) is 8.99. The summed E-state index contributed by atoms with van der Waals surface area (Å²) in [4.78, 5) is 19.6. The molecule has 1 N–H and O–H groups in total. The molecule has 0 spiro atoms. The Bertz CT molecular complexity index is 920. The molecule has 1 aliphatic heterocycles. The summed E-state index contributed by atoms with van der Waals surface area (Å²) in [5.74, 6) is 1.58. The van der Waals surface area contributed by atoms with Crippen LogP contribution >= 0.6 is 0 Å². The fourth-order valence-corrected chi connectivity index (χ4v) is 5.05. The van der Waals surface area contributed by atoms with Gasteiger partial charge in [-0.2, -0.15) is 0 Å². The molecule has 0 bridgehead atoms. The van der Waals surface area contributed by atoms with Crippen molar-refractivity contribution in [2.45, 2.75) is 57.8 Å². The van der Waals surface area contributed by atoms with Gasteiger partial charge in [0.05, 0.1) is 11.8 Å². The van der Waals surface area contributed by atoms with E-state index in [9.17, 15) is 9.90 Å². The number of pyridine rings is 1. The molecule has 6 heteroatoms. The molecule has 5 rings (SSSR count). The Morgan fingerprint density at radius 2 is 1.90 bits per heavy atom. The van der Waals surface area contributed by atoms with E-state index in [0.717, 1.165) is 42.3 Å². The summed E-state index contributed by atoms with van der Waals surface area (Å²) in [7, 11) is 0. The van der Waals surface area contributed by atoms with Crippen LogP contribution in [0.1, 0.15) is 53.6 Å². The summed E-state index contributed by atoms with van der Waals surface area (Å²) in [6, 6.07) is 8.29. The normalized spacial score (nSPS) is 29.0. The van der Waals surface area contributed by atoms with Crippen LogP contribution in [0.4, 0.5) is 0 Å². The highest BCUT2D eigenvalue weighted by Crippen LogP contribution is 2.40. The Kier molecular flexibility index (Phi) is 4.62. The van der Waals surface area contributed by atoms with Crippen molar-refractivity contribution in [3.63, 3.8) is 0 Å². The zero-order valence-electron chi connectivity index (χ0n) is 17.1. The maximum atomic E-state index is 13.1. The van der Waals surface area contributed by atoms with E-state index in [4.69, 9.17) is 4.74 Å². The molecule has 6 nitrogen and oxygen atoms in total. The summed E-state index contributed by atoms with van der Waals surface area (Å²) >= 11 is 0. The third-order valence-corrected chi connectivity index (χ3v) is 6.77. The number of hydrogen-bond acceptors (Lipinski definition) is 4. The highest BCUT2D eigenvalue weighted by atomic mass is 16.5. The van der Waals surface area contributed by atoms with Crippen LogP contribution in [-0.4, -0.2) is 50.8 Å². The topological polar surface area (TPSA) is 67.6 Å². The van der Waals surface area contributed by atoms with Crippen LogP contribution in [0, 0.1) is 25.7 Å². The van der Waals surface area contributed by atoms with Crippen molar-refractivity contribution < 1.29 is 14.6 Å². The molecule has 3 fully saturated rings. The van der Waals surface area contributed by atoms with Crippen molar-refractivity contribution in [2.24, 2.45) is 11.8 Å². The van der Waals surface area contributed by atoms with Gasteiger partial charge in [0.25, 0.3) is 5.91 Å². The zero-order valence-corrected chi connectivity index (χ0v) is 17.1. The SMILES string of the molecule is Cc1ccc(O[C@@H]2C[C@@H]3CN(C(=O)c4cccn4C4CC4)C[C@@H]3C[C@H]2O)c(C)n1. The lowest BCUT2D eigenvalue weighted by Crippen LogP contribution is -2.42. The average Bonchev–Trinajstić information content (AvgIpc) is 3.27. The number of rotatable bonds is 4. The predicted molar refractivity (Wildman–Crippen MR) is 109 cm³/mol. The van der Waals surface area contributed by atoms with Crippen LogP contribution < -0.4 is 4.74 Å². The quantitative estimate of drug-likeness (QED) is 0.864. The fourth-order valence-electron chi connectivity index (χ4n) is 5.05. The lowest BCUT2D eigenvalue weighted by atomic mass is 9.78. The maximum Gasteiger partial charge on any atom is 0.270 e. The number of aromatic nitrogens is 2. The fraction of sp³-hybridized carbons (Fsp3) is 0.565. The number of ether oxygens (including phenoxy) is 1. The monoisotopic (exact) mass is 395 g/mol. The van der Waals surface area contributed by atoms with Crippen LogP contribution in [0.15, 0.2) is 30.5 Å². The van der Waals surface area contributed by atoms with E-state index in [1.807, 2.05) is 49.2 Å². The molecule has 3 aliphatic rings. The third kappa shape index (κ3) is 3.54. The first-order chi connectivity index (χ1) is 14.0. The van der Waals surface area contributed by atoms with Gasteiger partial charge in [-0.15, -0.1) is 0 Å². The highest BCUT2D eigenvalue weighted by molar-refractivity contribution is 5.93. The third-order valence-electron chi connectivity index (χ3n) is 6.77. The van der Waals surface area contributed by atoms with Crippen LogP contribution in [0.2, 0.25) is 0 Å². The molecule has 0 radical (unpaired) electrons. The number of hydrogen-bond donors (Lipinski definition) is 1. The van der Waals surface area contributed by atoms with E-state index >= 15 is 0 Å². The molecule has 4 atom stereocenters. The van der Waals surface area contributed by atoms with E-state index in [1.165, 1.54) is 12.8 Å². The van der Waals surface area contributed by atoms with Crippen LogP contribution in [0.5, 0.6) is 5.75 Å². The van der Waals surface area contributed by atoms with Crippen molar-refractivity contribution in [3.05, 3.63) is 47.5 Å². The van der Waals surface area contributed by atoms with E-state index in [1.54, 1.807) is 0 Å². The van der Waals surface area contributed by atoms with E-state index in [2.05, 4.69) is 9.55 Å². The zero-order chi connectivity index (χ0) is 20.1. The molecular weight excluding hydrogens is 366 g/mol. The molecule has 2 saturated carbocycles. The summed E-state index contributed by atoms with van der Waals surface area (Å²) in [6.45, 7) is 5.37. The molecule has 0 aromatic carbocycles. The first-order valence-corrected chi connectivity index (χ1v) is 10.7. The van der Waals surface area contributed by atoms with Crippen molar-refractivity contribution in [1.82, 2.24) is 14.5 Å². The van der Waals surface area contributed by atoms with Crippen molar-refractivity contribution >= 4 is 5.91 Å². The molecule has 0 unspecified atom stereocenters. The summed E-state index contributed by atoms with van der Waals surface area (Å²) in [6.07, 6.45) is 5.05. The molecule has 154 valence electrons. The Morgan fingerprint density at radius 3 is 2.62 bits per heavy atom. The van der Waals surface area contributed by atoms with Crippen molar-refractivity contribution in [2.75, 3.05) is 13.1 Å². The number of aryl methyl sites for hydroxylation is 2. The van der Waals surface area contributed by atoms with Crippen LogP contribution in [0.3, 0.4) is 0 Å². The molecule has 2 aromatic rings. The summed E-state index contributed by atoms with van der Waals surface area (Å²) in [5, 5.41) is 10.7. The number of carbonyl (C=O) groups is 1.